The average Bonchev–Trinajstić information content (AvgIpc) is 2.37. The minimum absolute atomic E-state index is 0.0806. The summed E-state index contributed by atoms with van der Waals surface area (Å²) in [5.74, 6) is 0.313. The van der Waals surface area contributed by atoms with Gasteiger partial charge in [-0.15, -0.1) is 0 Å². The molecule has 0 aliphatic carbocycles. The fourth-order valence-electron chi connectivity index (χ4n) is 1.46. The molecular formula is C14H27N3O2. The first-order chi connectivity index (χ1) is 8.96. The highest BCUT2D eigenvalue weighted by Gasteiger charge is 2.18. The molecule has 0 spiro atoms. The Balaban J connectivity index is 4.26. The van der Waals surface area contributed by atoms with E-state index in [-0.39, 0.29) is 12.2 Å². The monoisotopic (exact) mass is 269 g/mol. The van der Waals surface area contributed by atoms with Crippen molar-refractivity contribution in [2.75, 3.05) is 32.7 Å². The third-order valence-electron chi connectivity index (χ3n) is 3.29. The molecule has 0 aliphatic rings. The Morgan fingerprint density at radius 1 is 1.21 bits per heavy atom. The Hall–Kier alpha value is -1.28. The van der Waals surface area contributed by atoms with Crippen LogP contribution >= 0.6 is 0 Å². The lowest BCUT2D eigenvalue weighted by Gasteiger charge is -2.26. The third-order valence-corrected chi connectivity index (χ3v) is 3.29. The normalized spacial score (nSPS) is 12.3. The summed E-state index contributed by atoms with van der Waals surface area (Å²) in [6.45, 7) is 13.0. The maximum atomic E-state index is 12.0. The van der Waals surface area contributed by atoms with Gasteiger partial charge in [-0.25, -0.2) is 4.79 Å². The molecule has 5 nitrogen and oxygen atoms in total. The van der Waals surface area contributed by atoms with Gasteiger partial charge in [0.05, 0.1) is 12.6 Å². The summed E-state index contributed by atoms with van der Waals surface area (Å²) in [6.07, 6.45) is -0.348. The standard InChI is InChI=1S/C14H27N3O2/c1-6-16(9-8-15)10-11-17(7-2)14(18)19-13(5)12(3)4/h12-13H,6-7,9-11H2,1-5H3. The molecule has 1 atom stereocenters. The number of rotatable bonds is 8. The lowest BCUT2D eigenvalue weighted by molar-refractivity contribution is 0.0500. The van der Waals surface area contributed by atoms with Gasteiger partial charge in [-0.05, 0) is 26.3 Å². The second kappa shape index (κ2) is 9.62. The van der Waals surface area contributed by atoms with Crippen LogP contribution in [0.4, 0.5) is 4.79 Å². The highest BCUT2D eigenvalue weighted by Crippen LogP contribution is 2.08. The van der Waals surface area contributed by atoms with E-state index in [1.165, 1.54) is 0 Å². The molecule has 0 saturated heterocycles. The van der Waals surface area contributed by atoms with Crippen LogP contribution < -0.4 is 0 Å². The van der Waals surface area contributed by atoms with Crippen molar-refractivity contribution >= 4 is 6.09 Å². The van der Waals surface area contributed by atoms with Gasteiger partial charge in [-0.1, -0.05) is 20.8 Å². The molecule has 19 heavy (non-hydrogen) atoms. The van der Waals surface area contributed by atoms with E-state index in [1.54, 1.807) is 4.90 Å². The smallest absolute Gasteiger partial charge is 0.410 e. The zero-order valence-electron chi connectivity index (χ0n) is 12.8. The Morgan fingerprint density at radius 3 is 2.26 bits per heavy atom. The van der Waals surface area contributed by atoms with E-state index in [9.17, 15) is 4.79 Å². The van der Waals surface area contributed by atoms with Gasteiger partial charge < -0.3 is 9.64 Å². The van der Waals surface area contributed by atoms with Crippen LogP contribution in [0.2, 0.25) is 0 Å². The molecule has 0 aliphatic heterocycles. The molecule has 0 rings (SSSR count). The summed E-state index contributed by atoms with van der Waals surface area (Å²) >= 11 is 0. The number of amides is 1. The molecule has 5 heteroatoms. The Morgan fingerprint density at radius 2 is 1.84 bits per heavy atom. The zero-order chi connectivity index (χ0) is 14.8. The number of carbonyl (C=O) groups is 1. The Kier molecular flexibility index (Phi) is 8.98. The van der Waals surface area contributed by atoms with Crippen molar-refractivity contribution in [2.45, 2.75) is 40.7 Å². The molecule has 0 radical (unpaired) electrons. The van der Waals surface area contributed by atoms with Crippen molar-refractivity contribution in [3.63, 3.8) is 0 Å². The van der Waals surface area contributed by atoms with E-state index >= 15 is 0 Å². The SMILES string of the molecule is CCN(CC#N)CCN(CC)C(=O)OC(C)C(C)C. The summed E-state index contributed by atoms with van der Waals surface area (Å²) in [6, 6.07) is 2.13. The minimum atomic E-state index is -0.267. The molecule has 0 N–H and O–H groups in total. The number of hydrogen-bond donors (Lipinski definition) is 0. The summed E-state index contributed by atoms with van der Waals surface area (Å²) in [4.78, 5) is 15.6. The van der Waals surface area contributed by atoms with Gasteiger partial charge in [0.2, 0.25) is 0 Å². The van der Waals surface area contributed by atoms with Gasteiger partial charge in [-0.2, -0.15) is 5.26 Å². The van der Waals surface area contributed by atoms with Crippen molar-refractivity contribution in [1.82, 2.24) is 9.80 Å². The van der Waals surface area contributed by atoms with Crippen molar-refractivity contribution in [3.8, 4) is 6.07 Å². The van der Waals surface area contributed by atoms with Crippen molar-refractivity contribution in [2.24, 2.45) is 5.92 Å². The minimum Gasteiger partial charge on any atom is -0.446 e. The molecule has 110 valence electrons. The van der Waals surface area contributed by atoms with Gasteiger partial charge in [-0.3, -0.25) is 4.90 Å². The number of hydrogen-bond acceptors (Lipinski definition) is 4. The lowest BCUT2D eigenvalue weighted by atomic mass is 10.1. The molecule has 0 bridgehead atoms. The van der Waals surface area contributed by atoms with Crippen molar-refractivity contribution in [3.05, 3.63) is 0 Å². The second-order valence-electron chi connectivity index (χ2n) is 4.94. The number of nitriles is 1. The predicted molar refractivity (Wildman–Crippen MR) is 75.8 cm³/mol. The van der Waals surface area contributed by atoms with E-state index in [1.807, 2.05) is 39.5 Å². The van der Waals surface area contributed by atoms with E-state index in [2.05, 4.69) is 6.07 Å². The quantitative estimate of drug-likeness (QED) is 0.635. The van der Waals surface area contributed by atoms with Gasteiger partial charge in [0.1, 0.15) is 6.10 Å². The van der Waals surface area contributed by atoms with Crippen LogP contribution in [0.25, 0.3) is 0 Å². The van der Waals surface area contributed by atoms with E-state index in [0.29, 0.717) is 32.1 Å². The molecule has 0 aromatic carbocycles. The molecule has 1 unspecified atom stereocenters. The van der Waals surface area contributed by atoms with Gasteiger partial charge >= 0.3 is 6.09 Å². The van der Waals surface area contributed by atoms with E-state index in [0.717, 1.165) is 6.54 Å². The topological polar surface area (TPSA) is 56.6 Å². The first kappa shape index (κ1) is 17.7. The third kappa shape index (κ3) is 7.02. The first-order valence-electron chi connectivity index (χ1n) is 7.01. The summed E-state index contributed by atoms with van der Waals surface area (Å²) in [5.41, 5.74) is 0. The van der Waals surface area contributed by atoms with Crippen LogP contribution in [0, 0.1) is 17.2 Å². The van der Waals surface area contributed by atoms with Crippen LogP contribution in [0.5, 0.6) is 0 Å². The van der Waals surface area contributed by atoms with Gasteiger partial charge in [0, 0.05) is 19.6 Å². The zero-order valence-corrected chi connectivity index (χ0v) is 12.8. The van der Waals surface area contributed by atoms with Crippen LogP contribution in [-0.2, 0) is 4.74 Å². The molecular weight excluding hydrogens is 242 g/mol. The van der Waals surface area contributed by atoms with Crippen LogP contribution in [0.15, 0.2) is 0 Å². The van der Waals surface area contributed by atoms with Gasteiger partial charge in [0.25, 0.3) is 0 Å². The molecule has 1 amide bonds. The lowest BCUT2D eigenvalue weighted by Crippen LogP contribution is -2.40. The van der Waals surface area contributed by atoms with E-state index in [4.69, 9.17) is 10.00 Å². The molecule has 0 saturated carbocycles. The molecule has 0 aromatic rings. The number of likely N-dealkylation sites (N-methyl/N-ethyl adjacent to an activating group) is 2. The van der Waals surface area contributed by atoms with Crippen LogP contribution in [0.1, 0.15) is 34.6 Å². The Labute approximate surface area is 117 Å². The summed E-state index contributed by atoms with van der Waals surface area (Å²) < 4.78 is 5.39. The van der Waals surface area contributed by atoms with Crippen molar-refractivity contribution < 1.29 is 9.53 Å². The van der Waals surface area contributed by atoms with E-state index < -0.39 is 0 Å². The fraction of sp³-hybridized carbons (Fsp3) is 0.857. The highest BCUT2D eigenvalue weighted by atomic mass is 16.6. The van der Waals surface area contributed by atoms with Crippen molar-refractivity contribution in [1.29, 1.82) is 5.26 Å². The largest absolute Gasteiger partial charge is 0.446 e. The van der Waals surface area contributed by atoms with Crippen LogP contribution in [-0.4, -0.2) is 54.7 Å². The highest BCUT2D eigenvalue weighted by molar-refractivity contribution is 5.67. The summed E-state index contributed by atoms with van der Waals surface area (Å²) in [5, 5.41) is 8.68. The number of ether oxygens (including phenoxy) is 1. The maximum Gasteiger partial charge on any atom is 0.410 e. The predicted octanol–water partition coefficient (Wildman–Crippen LogP) is 2.33. The maximum absolute atomic E-state index is 12.0. The number of nitrogens with zero attached hydrogens (tertiary/aromatic N) is 3. The summed E-state index contributed by atoms with van der Waals surface area (Å²) in [7, 11) is 0. The van der Waals surface area contributed by atoms with Gasteiger partial charge in [0.15, 0.2) is 0 Å². The Bertz CT molecular complexity index is 300. The molecule has 0 heterocycles. The fourth-order valence-corrected chi connectivity index (χ4v) is 1.46. The second-order valence-corrected chi connectivity index (χ2v) is 4.94. The molecule has 0 aromatic heterocycles. The first-order valence-corrected chi connectivity index (χ1v) is 7.01. The average molecular weight is 269 g/mol. The molecule has 0 fully saturated rings. The van der Waals surface area contributed by atoms with Crippen LogP contribution in [0.3, 0.4) is 0 Å². The number of carbonyl (C=O) groups excluding carboxylic acids is 1.